The number of hydrogen-bond acceptors (Lipinski definition) is 6. The van der Waals surface area contributed by atoms with E-state index >= 15 is 0 Å². The second-order valence-corrected chi connectivity index (χ2v) is 6.83. The van der Waals surface area contributed by atoms with E-state index in [2.05, 4.69) is 10.3 Å². The zero-order valence-corrected chi connectivity index (χ0v) is 14.6. The molecule has 0 radical (unpaired) electrons. The minimum atomic E-state index is -0.440. The van der Waals surface area contributed by atoms with E-state index in [0.29, 0.717) is 11.1 Å². The van der Waals surface area contributed by atoms with Gasteiger partial charge in [0.05, 0.1) is 18.2 Å². The summed E-state index contributed by atoms with van der Waals surface area (Å²) in [7, 11) is 1.33. The van der Waals surface area contributed by atoms with Crippen LogP contribution in [0.5, 0.6) is 0 Å². The fourth-order valence-electron chi connectivity index (χ4n) is 3.72. The van der Waals surface area contributed by atoms with Crippen LogP contribution < -0.4 is 5.32 Å². The Labute approximate surface area is 151 Å². The highest BCUT2D eigenvalue weighted by Gasteiger charge is 2.41. The highest BCUT2D eigenvalue weighted by Crippen LogP contribution is 2.36. The molecule has 1 spiro atoms. The normalized spacial score (nSPS) is 18.1. The van der Waals surface area contributed by atoms with Crippen LogP contribution in [0.25, 0.3) is 11.1 Å². The third-order valence-corrected chi connectivity index (χ3v) is 5.16. The van der Waals surface area contributed by atoms with Gasteiger partial charge < -0.3 is 14.8 Å². The third-order valence-electron chi connectivity index (χ3n) is 5.16. The van der Waals surface area contributed by atoms with Gasteiger partial charge in [-0.05, 0) is 36.3 Å². The van der Waals surface area contributed by atoms with Gasteiger partial charge in [-0.1, -0.05) is 12.1 Å². The monoisotopic (exact) mass is 352 g/mol. The minimum absolute atomic E-state index is 0.271. The van der Waals surface area contributed by atoms with Crippen LogP contribution in [0.4, 0.5) is 0 Å². The molecule has 0 amide bonds. The first kappa shape index (κ1) is 16.7. The number of benzene rings is 1. The van der Waals surface area contributed by atoms with Gasteiger partial charge >= 0.3 is 11.9 Å². The quantitative estimate of drug-likeness (QED) is 0.836. The zero-order chi connectivity index (χ0) is 18.1. The highest BCUT2D eigenvalue weighted by molar-refractivity contribution is 5.95. The summed E-state index contributed by atoms with van der Waals surface area (Å²) >= 11 is 0. The number of aromatic nitrogens is 1. The van der Waals surface area contributed by atoms with Gasteiger partial charge in [-0.3, -0.25) is 4.98 Å². The smallest absolute Gasteiger partial charge is 0.339 e. The average Bonchev–Trinajstić information content (AvgIpc) is 2.68. The standard InChI is InChI=1S/C20H20N2O4/c1-25-18(23)16-8-15(11-22-12-16)13-2-3-14-10-20(4-6-21-7-5-20)26-19(24)17(14)9-13/h2-3,8-9,11-12,21H,4-7,10H2,1H3. The third kappa shape index (κ3) is 2.97. The fraction of sp³-hybridized carbons (Fsp3) is 0.350. The first-order valence-corrected chi connectivity index (χ1v) is 8.71. The summed E-state index contributed by atoms with van der Waals surface area (Å²) in [6.07, 6.45) is 5.55. The average molecular weight is 352 g/mol. The molecule has 134 valence electrons. The van der Waals surface area contributed by atoms with E-state index < -0.39 is 5.97 Å². The van der Waals surface area contributed by atoms with E-state index in [1.807, 2.05) is 18.2 Å². The Balaban J connectivity index is 1.67. The van der Waals surface area contributed by atoms with Gasteiger partial charge in [0.15, 0.2) is 0 Å². The number of nitrogens with one attached hydrogen (secondary N) is 1. The number of hydrogen-bond donors (Lipinski definition) is 1. The number of carbonyl (C=O) groups excluding carboxylic acids is 2. The van der Waals surface area contributed by atoms with Crippen molar-refractivity contribution in [3.63, 3.8) is 0 Å². The Morgan fingerprint density at radius 3 is 2.77 bits per heavy atom. The molecule has 26 heavy (non-hydrogen) atoms. The summed E-state index contributed by atoms with van der Waals surface area (Å²) in [5, 5.41) is 3.31. The van der Waals surface area contributed by atoms with Gasteiger partial charge in [0.2, 0.25) is 0 Å². The Morgan fingerprint density at radius 1 is 1.19 bits per heavy atom. The summed E-state index contributed by atoms with van der Waals surface area (Å²) in [5.41, 5.74) is 3.19. The molecule has 4 rings (SSSR count). The van der Waals surface area contributed by atoms with Crippen LogP contribution in [0, 0.1) is 0 Å². The van der Waals surface area contributed by atoms with Crippen molar-refractivity contribution in [2.45, 2.75) is 24.9 Å². The molecule has 1 saturated heterocycles. The van der Waals surface area contributed by atoms with Gasteiger partial charge in [-0.25, -0.2) is 9.59 Å². The molecular weight excluding hydrogens is 332 g/mol. The fourth-order valence-corrected chi connectivity index (χ4v) is 3.72. The Hall–Kier alpha value is -2.73. The van der Waals surface area contributed by atoms with Crippen molar-refractivity contribution in [3.05, 3.63) is 53.3 Å². The molecule has 2 aliphatic rings. The molecule has 0 bridgehead atoms. The number of pyridine rings is 1. The summed E-state index contributed by atoms with van der Waals surface area (Å²) in [6, 6.07) is 7.48. The van der Waals surface area contributed by atoms with Gasteiger partial charge in [-0.15, -0.1) is 0 Å². The van der Waals surface area contributed by atoms with E-state index in [0.717, 1.165) is 49.0 Å². The van der Waals surface area contributed by atoms with Crippen molar-refractivity contribution in [1.29, 1.82) is 0 Å². The van der Waals surface area contributed by atoms with E-state index in [9.17, 15) is 9.59 Å². The van der Waals surface area contributed by atoms with Crippen LogP contribution in [0.1, 0.15) is 39.1 Å². The maximum absolute atomic E-state index is 12.6. The van der Waals surface area contributed by atoms with Crippen molar-refractivity contribution in [2.24, 2.45) is 0 Å². The van der Waals surface area contributed by atoms with Crippen molar-refractivity contribution < 1.29 is 19.1 Å². The number of piperidine rings is 1. The molecule has 2 aliphatic heterocycles. The highest BCUT2D eigenvalue weighted by atomic mass is 16.6. The van der Waals surface area contributed by atoms with Crippen LogP contribution in [0.15, 0.2) is 36.7 Å². The summed E-state index contributed by atoms with van der Waals surface area (Å²) in [4.78, 5) is 28.4. The first-order valence-electron chi connectivity index (χ1n) is 8.71. The molecular formula is C20H20N2O4. The van der Waals surface area contributed by atoms with Crippen molar-refractivity contribution in [1.82, 2.24) is 10.3 Å². The lowest BCUT2D eigenvalue weighted by molar-refractivity contribution is -0.0398. The van der Waals surface area contributed by atoms with Gasteiger partial charge in [0.25, 0.3) is 0 Å². The van der Waals surface area contributed by atoms with E-state index in [1.54, 1.807) is 12.3 Å². The number of carbonyl (C=O) groups is 2. The summed E-state index contributed by atoms with van der Waals surface area (Å²) in [6.45, 7) is 1.74. The lowest BCUT2D eigenvalue weighted by Crippen LogP contribution is -2.49. The molecule has 1 aromatic heterocycles. The predicted molar refractivity (Wildman–Crippen MR) is 95.0 cm³/mol. The Kier molecular flexibility index (Phi) is 4.20. The SMILES string of the molecule is COC(=O)c1cncc(-c2ccc3c(c2)C(=O)OC2(CCNCC2)C3)c1. The molecule has 1 aromatic carbocycles. The maximum atomic E-state index is 12.6. The van der Waals surface area contributed by atoms with Gasteiger partial charge in [-0.2, -0.15) is 0 Å². The van der Waals surface area contributed by atoms with Crippen molar-refractivity contribution in [3.8, 4) is 11.1 Å². The molecule has 6 nitrogen and oxygen atoms in total. The molecule has 0 aliphatic carbocycles. The lowest BCUT2D eigenvalue weighted by atomic mass is 9.81. The Bertz CT molecular complexity index is 872. The number of esters is 2. The number of fused-ring (bicyclic) bond motifs is 1. The molecule has 1 N–H and O–H groups in total. The van der Waals surface area contributed by atoms with Crippen LogP contribution in [0.2, 0.25) is 0 Å². The molecule has 0 unspecified atom stereocenters. The number of ether oxygens (including phenoxy) is 2. The summed E-state index contributed by atoms with van der Waals surface area (Å²) < 4.78 is 10.6. The molecule has 0 atom stereocenters. The van der Waals surface area contributed by atoms with E-state index in [4.69, 9.17) is 9.47 Å². The van der Waals surface area contributed by atoms with E-state index in [1.165, 1.54) is 13.3 Å². The van der Waals surface area contributed by atoms with E-state index in [-0.39, 0.29) is 11.6 Å². The zero-order valence-electron chi connectivity index (χ0n) is 14.6. The molecule has 3 heterocycles. The van der Waals surface area contributed by atoms with Gasteiger partial charge in [0.1, 0.15) is 5.60 Å². The topological polar surface area (TPSA) is 77.5 Å². The minimum Gasteiger partial charge on any atom is -0.465 e. The molecule has 0 saturated carbocycles. The van der Waals surface area contributed by atoms with Crippen LogP contribution in [-0.2, 0) is 15.9 Å². The second-order valence-electron chi connectivity index (χ2n) is 6.83. The molecule has 1 fully saturated rings. The maximum Gasteiger partial charge on any atom is 0.339 e. The van der Waals surface area contributed by atoms with Gasteiger partial charge in [0, 0.05) is 37.2 Å². The second kappa shape index (κ2) is 6.53. The van der Waals surface area contributed by atoms with Crippen LogP contribution >= 0.6 is 0 Å². The lowest BCUT2D eigenvalue weighted by Gasteiger charge is -2.40. The summed E-state index contributed by atoms with van der Waals surface area (Å²) in [5.74, 6) is -0.711. The molecule has 6 heteroatoms. The predicted octanol–water partition coefficient (Wildman–Crippen LogP) is 2.37. The molecule has 2 aromatic rings. The number of methoxy groups -OCH3 is 1. The Morgan fingerprint density at radius 2 is 2.00 bits per heavy atom. The first-order chi connectivity index (χ1) is 12.6. The van der Waals surface area contributed by atoms with Crippen molar-refractivity contribution >= 4 is 11.9 Å². The number of rotatable bonds is 2. The largest absolute Gasteiger partial charge is 0.465 e. The van der Waals surface area contributed by atoms with Crippen molar-refractivity contribution in [2.75, 3.05) is 20.2 Å². The van der Waals surface area contributed by atoms with Crippen LogP contribution in [0.3, 0.4) is 0 Å². The number of nitrogens with zero attached hydrogens (tertiary/aromatic N) is 1. The van der Waals surface area contributed by atoms with Crippen LogP contribution in [-0.4, -0.2) is 42.7 Å².